The summed E-state index contributed by atoms with van der Waals surface area (Å²) in [6.45, 7) is 1.69. The number of para-hydroxylation sites is 1. The Morgan fingerprint density at radius 3 is 2.40 bits per heavy atom. The molecule has 0 saturated heterocycles. The highest BCUT2D eigenvalue weighted by Gasteiger charge is 2.08. The van der Waals surface area contributed by atoms with E-state index >= 15 is 0 Å². The number of hydrogen-bond acceptors (Lipinski definition) is 3. The fraction of sp³-hybridized carbons (Fsp3) is 0.188. The maximum atomic E-state index is 11.9. The maximum absolute atomic E-state index is 11.9. The first kappa shape index (κ1) is 14.1. The largest absolute Gasteiger partial charge is 0.508 e. The molecule has 2 aromatic carbocycles. The van der Waals surface area contributed by atoms with Gasteiger partial charge >= 0.3 is 0 Å². The molecule has 0 fully saturated rings. The number of aliphatic hydroxyl groups excluding tert-OH is 1. The third kappa shape index (κ3) is 3.59. The number of amides is 1. The van der Waals surface area contributed by atoms with Gasteiger partial charge in [0.15, 0.2) is 0 Å². The fourth-order valence-electron chi connectivity index (χ4n) is 1.88. The molecule has 104 valence electrons. The van der Waals surface area contributed by atoms with Gasteiger partial charge in [-0.25, -0.2) is 0 Å². The highest BCUT2D eigenvalue weighted by Crippen LogP contribution is 2.18. The van der Waals surface area contributed by atoms with Crippen molar-refractivity contribution in [2.24, 2.45) is 0 Å². The molecule has 0 radical (unpaired) electrons. The molecule has 2 rings (SSSR count). The predicted octanol–water partition coefficient (Wildman–Crippen LogP) is 2.63. The number of hydrogen-bond donors (Lipinski definition) is 3. The number of aromatic hydroxyl groups is 1. The standard InChI is InChI=1S/C16H17NO3/c1-11(18)12-6-8-14(9-7-12)17-16(20)10-13-4-2-3-5-15(13)19/h2-9,11,18-19H,10H2,1H3,(H,17,20). The van der Waals surface area contributed by atoms with Gasteiger partial charge in [-0.15, -0.1) is 0 Å². The quantitative estimate of drug-likeness (QED) is 0.800. The predicted molar refractivity (Wildman–Crippen MR) is 77.5 cm³/mol. The van der Waals surface area contributed by atoms with Crippen LogP contribution in [0.1, 0.15) is 24.2 Å². The Labute approximate surface area is 117 Å². The number of nitrogens with one attached hydrogen (secondary N) is 1. The Bertz CT molecular complexity index is 591. The maximum Gasteiger partial charge on any atom is 0.228 e. The molecule has 0 aliphatic rings. The molecule has 0 aliphatic carbocycles. The SMILES string of the molecule is CC(O)c1ccc(NC(=O)Cc2ccccc2O)cc1. The summed E-state index contributed by atoms with van der Waals surface area (Å²) >= 11 is 0. The summed E-state index contributed by atoms with van der Waals surface area (Å²) in [5.74, 6) is -0.0802. The number of phenols is 1. The first-order valence-corrected chi connectivity index (χ1v) is 6.41. The molecule has 0 heterocycles. The number of rotatable bonds is 4. The third-order valence-electron chi connectivity index (χ3n) is 3.02. The van der Waals surface area contributed by atoms with Crippen molar-refractivity contribution >= 4 is 11.6 Å². The molecule has 4 nitrogen and oxygen atoms in total. The molecule has 0 aromatic heterocycles. The Kier molecular flexibility index (Phi) is 4.38. The van der Waals surface area contributed by atoms with Crippen LogP contribution in [0.4, 0.5) is 5.69 Å². The summed E-state index contributed by atoms with van der Waals surface area (Å²) in [5, 5.41) is 21.8. The number of aliphatic hydroxyl groups is 1. The smallest absolute Gasteiger partial charge is 0.228 e. The molecule has 1 unspecified atom stereocenters. The number of carbonyl (C=O) groups is 1. The third-order valence-corrected chi connectivity index (χ3v) is 3.02. The van der Waals surface area contributed by atoms with Crippen molar-refractivity contribution in [3.8, 4) is 5.75 Å². The van der Waals surface area contributed by atoms with Gasteiger partial charge in [0.1, 0.15) is 5.75 Å². The van der Waals surface area contributed by atoms with Crippen LogP contribution in [0.2, 0.25) is 0 Å². The molecule has 2 aromatic rings. The van der Waals surface area contributed by atoms with Crippen molar-refractivity contribution in [1.82, 2.24) is 0 Å². The van der Waals surface area contributed by atoms with Gasteiger partial charge in [-0.1, -0.05) is 30.3 Å². The second-order valence-corrected chi connectivity index (χ2v) is 4.65. The van der Waals surface area contributed by atoms with Crippen molar-refractivity contribution in [3.63, 3.8) is 0 Å². The molecule has 3 N–H and O–H groups in total. The number of benzene rings is 2. The Morgan fingerprint density at radius 1 is 1.15 bits per heavy atom. The van der Waals surface area contributed by atoms with E-state index in [9.17, 15) is 15.0 Å². The lowest BCUT2D eigenvalue weighted by Crippen LogP contribution is -2.14. The van der Waals surface area contributed by atoms with E-state index in [1.165, 1.54) is 0 Å². The van der Waals surface area contributed by atoms with E-state index in [1.807, 2.05) is 0 Å². The van der Waals surface area contributed by atoms with Crippen molar-refractivity contribution in [2.75, 3.05) is 5.32 Å². The molecule has 0 spiro atoms. The van der Waals surface area contributed by atoms with E-state index in [-0.39, 0.29) is 18.1 Å². The van der Waals surface area contributed by atoms with Crippen LogP contribution in [-0.2, 0) is 11.2 Å². The van der Waals surface area contributed by atoms with Crippen LogP contribution in [0.15, 0.2) is 48.5 Å². The van der Waals surface area contributed by atoms with Crippen LogP contribution in [0.3, 0.4) is 0 Å². The zero-order chi connectivity index (χ0) is 14.5. The van der Waals surface area contributed by atoms with Crippen LogP contribution >= 0.6 is 0 Å². The van der Waals surface area contributed by atoms with Gasteiger partial charge in [0, 0.05) is 11.3 Å². The Hall–Kier alpha value is -2.33. The van der Waals surface area contributed by atoms with E-state index < -0.39 is 6.10 Å². The lowest BCUT2D eigenvalue weighted by Gasteiger charge is -2.08. The van der Waals surface area contributed by atoms with Crippen molar-refractivity contribution in [1.29, 1.82) is 0 Å². The zero-order valence-corrected chi connectivity index (χ0v) is 11.2. The van der Waals surface area contributed by atoms with Gasteiger partial charge in [-0.3, -0.25) is 4.79 Å². The van der Waals surface area contributed by atoms with E-state index in [1.54, 1.807) is 55.5 Å². The van der Waals surface area contributed by atoms with Crippen molar-refractivity contribution in [2.45, 2.75) is 19.4 Å². The fourth-order valence-corrected chi connectivity index (χ4v) is 1.88. The normalized spacial score (nSPS) is 11.9. The van der Waals surface area contributed by atoms with Crippen LogP contribution < -0.4 is 5.32 Å². The van der Waals surface area contributed by atoms with Gasteiger partial charge in [-0.05, 0) is 30.7 Å². The molecule has 4 heteroatoms. The topological polar surface area (TPSA) is 69.6 Å². The molecular weight excluding hydrogens is 254 g/mol. The van der Waals surface area contributed by atoms with Crippen LogP contribution in [0, 0.1) is 0 Å². The van der Waals surface area contributed by atoms with E-state index in [0.717, 1.165) is 5.56 Å². The second kappa shape index (κ2) is 6.21. The summed E-state index contributed by atoms with van der Waals surface area (Å²) in [6, 6.07) is 13.8. The van der Waals surface area contributed by atoms with Crippen LogP contribution in [0.5, 0.6) is 5.75 Å². The Morgan fingerprint density at radius 2 is 1.80 bits per heavy atom. The van der Waals surface area contributed by atoms with Crippen LogP contribution in [0.25, 0.3) is 0 Å². The Balaban J connectivity index is 1.99. The summed E-state index contributed by atoms with van der Waals surface area (Å²) in [6.07, 6.45) is -0.411. The van der Waals surface area contributed by atoms with Gasteiger partial charge in [0.25, 0.3) is 0 Å². The lowest BCUT2D eigenvalue weighted by atomic mass is 10.1. The zero-order valence-electron chi connectivity index (χ0n) is 11.2. The van der Waals surface area contributed by atoms with E-state index in [4.69, 9.17) is 0 Å². The van der Waals surface area contributed by atoms with Gasteiger partial charge < -0.3 is 15.5 Å². The highest BCUT2D eigenvalue weighted by atomic mass is 16.3. The lowest BCUT2D eigenvalue weighted by molar-refractivity contribution is -0.115. The van der Waals surface area contributed by atoms with Crippen molar-refractivity contribution in [3.05, 3.63) is 59.7 Å². The average molecular weight is 271 g/mol. The molecular formula is C16H17NO3. The average Bonchev–Trinajstić information content (AvgIpc) is 2.42. The first-order chi connectivity index (χ1) is 9.56. The molecule has 1 amide bonds. The molecule has 1 atom stereocenters. The number of phenolic OH excluding ortho intramolecular Hbond substituents is 1. The molecule has 0 bridgehead atoms. The van der Waals surface area contributed by atoms with E-state index in [2.05, 4.69) is 5.32 Å². The summed E-state index contributed by atoms with van der Waals surface area (Å²) < 4.78 is 0. The monoisotopic (exact) mass is 271 g/mol. The second-order valence-electron chi connectivity index (χ2n) is 4.65. The summed E-state index contributed by atoms with van der Waals surface area (Å²) in [4.78, 5) is 11.9. The minimum atomic E-state index is -0.527. The highest BCUT2D eigenvalue weighted by molar-refractivity contribution is 5.92. The molecule has 20 heavy (non-hydrogen) atoms. The number of carbonyl (C=O) groups excluding carboxylic acids is 1. The van der Waals surface area contributed by atoms with E-state index in [0.29, 0.717) is 11.3 Å². The first-order valence-electron chi connectivity index (χ1n) is 6.41. The van der Waals surface area contributed by atoms with Gasteiger partial charge in [0.2, 0.25) is 5.91 Å². The van der Waals surface area contributed by atoms with Gasteiger partial charge in [0.05, 0.1) is 12.5 Å². The molecule has 0 saturated carbocycles. The van der Waals surface area contributed by atoms with Crippen molar-refractivity contribution < 1.29 is 15.0 Å². The minimum absolute atomic E-state index is 0.116. The summed E-state index contributed by atoms with van der Waals surface area (Å²) in [7, 11) is 0. The molecule has 0 aliphatic heterocycles. The minimum Gasteiger partial charge on any atom is -0.508 e. The van der Waals surface area contributed by atoms with Crippen LogP contribution in [-0.4, -0.2) is 16.1 Å². The van der Waals surface area contributed by atoms with Gasteiger partial charge in [-0.2, -0.15) is 0 Å². The summed E-state index contributed by atoms with van der Waals surface area (Å²) in [5.41, 5.74) is 2.05. The number of anilines is 1.